The summed E-state index contributed by atoms with van der Waals surface area (Å²) in [5, 5.41) is 2.71. The van der Waals surface area contributed by atoms with Crippen LogP contribution in [0.25, 0.3) is 0 Å². The summed E-state index contributed by atoms with van der Waals surface area (Å²) < 4.78 is 57.8. The number of para-hydroxylation sites is 2. The van der Waals surface area contributed by atoms with Crippen LogP contribution in [-0.2, 0) is 14.8 Å². The highest BCUT2D eigenvalue weighted by molar-refractivity contribution is 7.92. The van der Waals surface area contributed by atoms with Gasteiger partial charge in [-0.15, -0.1) is 0 Å². The number of hydrogen-bond donors (Lipinski definition) is 2. The molecule has 0 fully saturated rings. The fourth-order valence-corrected chi connectivity index (χ4v) is 4.36. The Balaban J connectivity index is 1.54. The van der Waals surface area contributed by atoms with Crippen molar-refractivity contribution in [1.82, 2.24) is 0 Å². The quantitative estimate of drug-likeness (QED) is 0.566. The van der Waals surface area contributed by atoms with Crippen LogP contribution in [0.4, 0.5) is 15.8 Å². The lowest BCUT2D eigenvalue weighted by atomic mass is 10.1. The molecule has 0 aromatic heterocycles. The van der Waals surface area contributed by atoms with Gasteiger partial charge in [0.15, 0.2) is 11.5 Å². The summed E-state index contributed by atoms with van der Waals surface area (Å²) >= 11 is 0. The van der Waals surface area contributed by atoms with Crippen molar-refractivity contribution in [2.24, 2.45) is 0 Å². The third-order valence-corrected chi connectivity index (χ3v) is 6.32. The summed E-state index contributed by atoms with van der Waals surface area (Å²) in [6, 6.07) is 15.9. The largest absolute Gasteiger partial charge is 0.495 e. The minimum Gasteiger partial charge on any atom is -0.495 e. The van der Waals surface area contributed by atoms with Crippen LogP contribution < -0.4 is 24.2 Å². The van der Waals surface area contributed by atoms with E-state index in [0.717, 1.165) is 24.3 Å². The Hall–Kier alpha value is -3.79. The lowest BCUT2D eigenvalue weighted by Crippen LogP contribution is -2.46. The minimum atomic E-state index is -4.02. The van der Waals surface area contributed by atoms with Crippen molar-refractivity contribution in [3.63, 3.8) is 0 Å². The summed E-state index contributed by atoms with van der Waals surface area (Å²) in [7, 11) is -2.64. The van der Waals surface area contributed by atoms with Crippen LogP contribution in [0.5, 0.6) is 17.2 Å². The highest BCUT2D eigenvalue weighted by atomic mass is 32.2. The van der Waals surface area contributed by atoms with E-state index in [-0.39, 0.29) is 16.3 Å². The van der Waals surface area contributed by atoms with Crippen molar-refractivity contribution in [3.8, 4) is 17.2 Å². The molecule has 0 radical (unpaired) electrons. The number of methoxy groups -OCH3 is 1. The van der Waals surface area contributed by atoms with Crippen LogP contribution in [0.15, 0.2) is 71.6 Å². The molecule has 8 nitrogen and oxygen atoms in total. The first-order valence-electron chi connectivity index (χ1n) is 9.96. The van der Waals surface area contributed by atoms with E-state index in [4.69, 9.17) is 14.2 Å². The average molecular weight is 472 g/mol. The van der Waals surface area contributed by atoms with Gasteiger partial charge in [-0.1, -0.05) is 12.1 Å². The zero-order valence-corrected chi connectivity index (χ0v) is 18.6. The van der Waals surface area contributed by atoms with Gasteiger partial charge in [0.25, 0.3) is 15.9 Å². The van der Waals surface area contributed by atoms with Crippen molar-refractivity contribution in [2.75, 3.05) is 17.1 Å². The van der Waals surface area contributed by atoms with E-state index >= 15 is 0 Å². The Morgan fingerprint density at radius 2 is 1.67 bits per heavy atom. The molecule has 10 heteroatoms. The molecule has 3 aromatic carbocycles. The molecule has 2 atom stereocenters. The summed E-state index contributed by atoms with van der Waals surface area (Å²) in [5.41, 5.74) is 0.408. The second kappa shape index (κ2) is 8.99. The molecule has 0 saturated heterocycles. The molecular weight excluding hydrogens is 451 g/mol. The maximum atomic E-state index is 13.2. The predicted molar refractivity (Wildman–Crippen MR) is 120 cm³/mol. The van der Waals surface area contributed by atoms with Crippen molar-refractivity contribution >= 4 is 27.3 Å². The number of halogens is 1. The SMILES string of the molecule is COc1ccc(NC(=O)[C@H]2Oc3ccccc3O[C@@H]2C)cc1NS(=O)(=O)c1ccc(F)cc1. The molecule has 0 aliphatic carbocycles. The predicted octanol–water partition coefficient (Wildman–Crippen LogP) is 3.80. The van der Waals surface area contributed by atoms with Gasteiger partial charge in [-0.05, 0) is 61.5 Å². The normalized spacial score (nSPS) is 17.2. The second-order valence-electron chi connectivity index (χ2n) is 7.27. The average Bonchev–Trinajstić information content (AvgIpc) is 2.79. The maximum Gasteiger partial charge on any atom is 0.269 e. The van der Waals surface area contributed by atoms with E-state index in [1.807, 2.05) is 0 Å². The molecule has 33 heavy (non-hydrogen) atoms. The first-order chi connectivity index (χ1) is 15.8. The van der Waals surface area contributed by atoms with Gasteiger partial charge in [-0.25, -0.2) is 12.8 Å². The Bertz CT molecular complexity index is 1280. The van der Waals surface area contributed by atoms with Crippen molar-refractivity contribution in [3.05, 3.63) is 72.5 Å². The Morgan fingerprint density at radius 3 is 2.33 bits per heavy atom. The lowest BCUT2D eigenvalue weighted by Gasteiger charge is -2.31. The first kappa shape index (κ1) is 22.4. The fraction of sp³-hybridized carbons (Fsp3) is 0.174. The van der Waals surface area contributed by atoms with Gasteiger partial charge in [-0.2, -0.15) is 0 Å². The van der Waals surface area contributed by atoms with Crippen molar-refractivity contribution in [1.29, 1.82) is 0 Å². The molecule has 1 aliphatic rings. The number of benzene rings is 3. The van der Waals surface area contributed by atoms with Gasteiger partial charge >= 0.3 is 0 Å². The molecule has 1 amide bonds. The van der Waals surface area contributed by atoms with Crippen LogP contribution >= 0.6 is 0 Å². The van der Waals surface area contributed by atoms with Crippen molar-refractivity contribution < 1.29 is 31.8 Å². The third-order valence-electron chi connectivity index (χ3n) is 4.94. The van der Waals surface area contributed by atoms with Crippen LogP contribution in [0.1, 0.15) is 6.92 Å². The molecule has 1 aliphatic heterocycles. The molecule has 3 aromatic rings. The molecule has 2 N–H and O–H groups in total. The van der Waals surface area contributed by atoms with Crippen LogP contribution in [0.2, 0.25) is 0 Å². The maximum absolute atomic E-state index is 13.2. The van der Waals surface area contributed by atoms with E-state index in [1.54, 1.807) is 37.3 Å². The smallest absolute Gasteiger partial charge is 0.269 e. The summed E-state index contributed by atoms with van der Waals surface area (Å²) in [6.45, 7) is 1.72. The van der Waals surface area contributed by atoms with Gasteiger partial charge in [0.05, 0.1) is 17.7 Å². The topological polar surface area (TPSA) is 103 Å². The zero-order valence-electron chi connectivity index (χ0n) is 17.7. The summed E-state index contributed by atoms with van der Waals surface area (Å²) in [6.07, 6.45) is -1.46. The first-order valence-corrected chi connectivity index (χ1v) is 11.4. The van der Waals surface area contributed by atoms with Gasteiger partial charge in [0, 0.05) is 5.69 Å². The molecule has 1 heterocycles. The Morgan fingerprint density at radius 1 is 1.00 bits per heavy atom. The van der Waals surface area contributed by atoms with Crippen molar-refractivity contribution in [2.45, 2.75) is 24.0 Å². The number of amides is 1. The number of fused-ring (bicyclic) bond motifs is 1. The zero-order chi connectivity index (χ0) is 23.6. The molecule has 172 valence electrons. The van der Waals surface area contributed by atoms with Gasteiger partial charge in [-0.3, -0.25) is 9.52 Å². The van der Waals surface area contributed by atoms with Crippen LogP contribution in [-0.4, -0.2) is 33.6 Å². The number of carbonyl (C=O) groups excluding carboxylic acids is 1. The lowest BCUT2D eigenvalue weighted by molar-refractivity contribution is -0.128. The Labute approximate surface area is 190 Å². The standard InChI is InChI=1S/C23H21FN2O6S/c1-14-22(32-21-6-4-3-5-20(21)31-14)23(27)25-16-9-12-19(30-2)18(13-16)26-33(28,29)17-10-7-15(24)8-11-17/h3-14,22,26H,1-2H3,(H,25,27)/t14-,22+/m1/s1. The highest BCUT2D eigenvalue weighted by Crippen LogP contribution is 2.34. The van der Waals surface area contributed by atoms with E-state index in [1.165, 1.54) is 19.2 Å². The van der Waals surface area contributed by atoms with Crippen LogP contribution in [0, 0.1) is 5.82 Å². The van der Waals surface area contributed by atoms with Gasteiger partial charge < -0.3 is 19.5 Å². The highest BCUT2D eigenvalue weighted by Gasteiger charge is 2.34. The summed E-state index contributed by atoms with van der Waals surface area (Å²) in [4.78, 5) is 12.7. The molecule has 4 rings (SSSR count). The molecule has 0 spiro atoms. The van der Waals surface area contributed by atoms with Gasteiger partial charge in [0.1, 0.15) is 17.7 Å². The molecular formula is C23H21FN2O6S. The number of sulfonamides is 1. The minimum absolute atomic E-state index is 0.0961. The fourth-order valence-electron chi connectivity index (χ4n) is 3.30. The number of anilines is 2. The third kappa shape index (κ3) is 4.85. The number of nitrogens with one attached hydrogen (secondary N) is 2. The van der Waals surface area contributed by atoms with E-state index < -0.39 is 34.0 Å². The van der Waals surface area contributed by atoms with E-state index in [0.29, 0.717) is 17.2 Å². The molecule has 0 saturated carbocycles. The Kier molecular flexibility index (Phi) is 6.10. The van der Waals surface area contributed by atoms with E-state index in [9.17, 15) is 17.6 Å². The van der Waals surface area contributed by atoms with Gasteiger partial charge in [0.2, 0.25) is 6.10 Å². The molecule has 0 unspecified atom stereocenters. The number of ether oxygens (including phenoxy) is 3. The molecule has 0 bridgehead atoms. The number of hydrogen-bond acceptors (Lipinski definition) is 6. The van der Waals surface area contributed by atoms with Crippen LogP contribution in [0.3, 0.4) is 0 Å². The number of rotatable bonds is 6. The summed E-state index contributed by atoms with van der Waals surface area (Å²) in [5.74, 6) is 0.226. The number of carbonyl (C=O) groups is 1. The monoisotopic (exact) mass is 472 g/mol. The van der Waals surface area contributed by atoms with E-state index in [2.05, 4.69) is 10.0 Å². The second-order valence-corrected chi connectivity index (χ2v) is 8.95.